The fourth-order valence-corrected chi connectivity index (χ4v) is 0.934. The van der Waals surface area contributed by atoms with E-state index in [4.69, 9.17) is 16.4 Å². The van der Waals surface area contributed by atoms with Crippen molar-refractivity contribution >= 4 is 11.6 Å². The molecule has 1 saturated heterocycles. The molecule has 3 heteroatoms. The molecule has 2 nitrogen and oxygen atoms in total. The van der Waals surface area contributed by atoms with E-state index >= 15 is 0 Å². The van der Waals surface area contributed by atoms with Crippen molar-refractivity contribution < 1.29 is 4.84 Å². The third-order valence-corrected chi connectivity index (χ3v) is 1.66. The molecule has 1 atom stereocenters. The number of hydroxylamine groups is 1. The molecule has 0 spiro atoms. The van der Waals surface area contributed by atoms with Gasteiger partial charge in [0.25, 0.3) is 0 Å². The summed E-state index contributed by atoms with van der Waals surface area (Å²) in [5.41, 5.74) is 3.84. The molecule has 1 aliphatic heterocycles. The number of halogens is 1. The van der Waals surface area contributed by atoms with Gasteiger partial charge in [-0.25, -0.2) is 0 Å². The van der Waals surface area contributed by atoms with Gasteiger partial charge in [-0.3, -0.25) is 4.84 Å². The van der Waals surface area contributed by atoms with Crippen molar-refractivity contribution in [1.82, 2.24) is 5.48 Å². The Morgan fingerprint density at radius 3 is 2.40 bits per heavy atom. The SMILES string of the molecule is Clc1ccc(C2NO2)cc1. The van der Waals surface area contributed by atoms with Gasteiger partial charge in [-0.1, -0.05) is 23.7 Å². The van der Waals surface area contributed by atoms with Gasteiger partial charge in [-0.15, -0.1) is 0 Å². The summed E-state index contributed by atoms with van der Waals surface area (Å²) in [5, 5.41) is 0.754. The maximum atomic E-state index is 5.68. The van der Waals surface area contributed by atoms with Crippen LogP contribution in [0.25, 0.3) is 0 Å². The van der Waals surface area contributed by atoms with Crippen LogP contribution >= 0.6 is 11.6 Å². The number of benzene rings is 1. The molecule has 1 heterocycles. The third kappa shape index (κ3) is 1.14. The summed E-state index contributed by atoms with van der Waals surface area (Å²) in [5.74, 6) is 0. The lowest BCUT2D eigenvalue weighted by atomic mass is 10.2. The van der Waals surface area contributed by atoms with E-state index in [1.807, 2.05) is 24.3 Å². The van der Waals surface area contributed by atoms with Gasteiger partial charge in [0.1, 0.15) is 0 Å². The summed E-state index contributed by atoms with van der Waals surface area (Å²) >= 11 is 5.68. The molecule has 10 heavy (non-hydrogen) atoms. The molecule has 0 saturated carbocycles. The largest absolute Gasteiger partial charge is 0.273 e. The highest BCUT2D eigenvalue weighted by Gasteiger charge is 2.23. The standard InChI is InChI=1S/C7H6ClNO/c8-6-3-1-5(2-4-6)7-9-10-7/h1-4,7,9H. The van der Waals surface area contributed by atoms with Crippen LogP contribution in [0.4, 0.5) is 0 Å². The molecule has 0 amide bonds. The van der Waals surface area contributed by atoms with Gasteiger partial charge in [-0.2, -0.15) is 5.48 Å². The minimum absolute atomic E-state index is 0.0947. The van der Waals surface area contributed by atoms with Crippen molar-refractivity contribution in [2.75, 3.05) is 0 Å². The Morgan fingerprint density at radius 2 is 1.90 bits per heavy atom. The van der Waals surface area contributed by atoms with Crippen LogP contribution in [0.3, 0.4) is 0 Å². The highest BCUT2D eigenvalue weighted by atomic mass is 35.5. The van der Waals surface area contributed by atoms with Crippen molar-refractivity contribution in [3.63, 3.8) is 0 Å². The molecule has 0 radical (unpaired) electrons. The minimum Gasteiger partial charge on any atom is -0.273 e. The Morgan fingerprint density at radius 1 is 1.30 bits per heavy atom. The van der Waals surface area contributed by atoms with Crippen molar-refractivity contribution in [3.05, 3.63) is 34.9 Å². The van der Waals surface area contributed by atoms with Gasteiger partial charge in [0.05, 0.1) is 0 Å². The highest BCUT2D eigenvalue weighted by Crippen LogP contribution is 2.23. The molecule has 1 unspecified atom stereocenters. The van der Waals surface area contributed by atoms with Crippen LogP contribution in [0.15, 0.2) is 24.3 Å². The number of hydrogen-bond donors (Lipinski definition) is 1. The molecule has 1 aliphatic rings. The minimum atomic E-state index is 0.0947. The summed E-state index contributed by atoms with van der Waals surface area (Å²) in [7, 11) is 0. The molecule has 1 aromatic rings. The second kappa shape index (κ2) is 2.23. The lowest BCUT2D eigenvalue weighted by Crippen LogP contribution is -1.81. The van der Waals surface area contributed by atoms with E-state index in [1.165, 1.54) is 0 Å². The Bertz CT molecular complexity index is 230. The van der Waals surface area contributed by atoms with Crippen LogP contribution in [0.2, 0.25) is 5.02 Å². The van der Waals surface area contributed by atoms with E-state index in [9.17, 15) is 0 Å². The first-order valence-corrected chi connectivity index (χ1v) is 3.41. The second-order valence-electron chi connectivity index (χ2n) is 2.17. The molecule has 0 bridgehead atoms. The van der Waals surface area contributed by atoms with Crippen molar-refractivity contribution in [2.24, 2.45) is 0 Å². The quantitative estimate of drug-likeness (QED) is 0.629. The summed E-state index contributed by atoms with van der Waals surface area (Å²) in [4.78, 5) is 4.84. The van der Waals surface area contributed by atoms with E-state index in [0.717, 1.165) is 10.6 Å². The van der Waals surface area contributed by atoms with E-state index in [2.05, 4.69) is 5.48 Å². The van der Waals surface area contributed by atoms with Crippen LogP contribution in [-0.4, -0.2) is 0 Å². The molecule has 52 valence electrons. The van der Waals surface area contributed by atoms with Gasteiger partial charge in [0, 0.05) is 5.02 Å². The predicted octanol–water partition coefficient (Wildman–Crippen LogP) is 1.87. The first-order valence-electron chi connectivity index (χ1n) is 3.03. The summed E-state index contributed by atoms with van der Waals surface area (Å²) < 4.78 is 0. The Kier molecular flexibility index (Phi) is 1.38. The lowest BCUT2D eigenvalue weighted by molar-refractivity contribution is 0.374. The molecule has 0 aromatic heterocycles. The van der Waals surface area contributed by atoms with Crippen LogP contribution < -0.4 is 5.48 Å². The molecular weight excluding hydrogens is 150 g/mol. The first-order chi connectivity index (χ1) is 4.86. The smallest absolute Gasteiger partial charge is 0.176 e. The zero-order valence-electron chi connectivity index (χ0n) is 5.17. The fraction of sp³-hybridized carbons (Fsp3) is 0.143. The molecule has 1 N–H and O–H groups in total. The molecule has 1 fully saturated rings. The number of hydrogen-bond acceptors (Lipinski definition) is 2. The molecular formula is C7H6ClNO. The summed E-state index contributed by atoms with van der Waals surface area (Å²) in [6.45, 7) is 0. The maximum Gasteiger partial charge on any atom is 0.176 e. The zero-order chi connectivity index (χ0) is 6.97. The van der Waals surface area contributed by atoms with Crippen LogP contribution in [0, 0.1) is 0 Å². The summed E-state index contributed by atoms with van der Waals surface area (Å²) in [6.07, 6.45) is 0.0947. The average Bonchev–Trinajstić information content (AvgIpc) is 2.71. The average molecular weight is 156 g/mol. The zero-order valence-corrected chi connectivity index (χ0v) is 5.93. The van der Waals surface area contributed by atoms with E-state index in [-0.39, 0.29) is 6.23 Å². The molecule has 2 rings (SSSR count). The topological polar surface area (TPSA) is 34.5 Å². The Balaban J connectivity index is 2.28. The number of rotatable bonds is 1. The number of nitrogens with one attached hydrogen (secondary N) is 1. The van der Waals surface area contributed by atoms with Crippen LogP contribution in [0.1, 0.15) is 11.8 Å². The normalized spacial score (nSPS) is 22.7. The predicted molar refractivity (Wildman–Crippen MR) is 38.4 cm³/mol. The molecule has 1 aromatic carbocycles. The summed E-state index contributed by atoms with van der Waals surface area (Å²) in [6, 6.07) is 7.57. The Hall–Kier alpha value is -0.570. The van der Waals surface area contributed by atoms with Crippen LogP contribution in [0.5, 0.6) is 0 Å². The van der Waals surface area contributed by atoms with E-state index < -0.39 is 0 Å². The highest BCUT2D eigenvalue weighted by molar-refractivity contribution is 6.30. The van der Waals surface area contributed by atoms with Gasteiger partial charge in [-0.05, 0) is 17.7 Å². The van der Waals surface area contributed by atoms with E-state index in [1.54, 1.807) is 0 Å². The first kappa shape index (κ1) is 6.16. The lowest BCUT2D eigenvalue weighted by Gasteiger charge is -1.91. The van der Waals surface area contributed by atoms with Crippen molar-refractivity contribution in [1.29, 1.82) is 0 Å². The monoisotopic (exact) mass is 155 g/mol. The van der Waals surface area contributed by atoms with Crippen LogP contribution in [-0.2, 0) is 4.84 Å². The van der Waals surface area contributed by atoms with Gasteiger partial charge < -0.3 is 0 Å². The molecule has 0 aliphatic carbocycles. The maximum absolute atomic E-state index is 5.68. The van der Waals surface area contributed by atoms with Gasteiger partial charge in [0.15, 0.2) is 6.23 Å². The third-order valence-electron chi connectivity index (χ3n) is 1.41. The van der Waals surface area contributed by atoms with Crippen molar-refractivity contribution in [3.8, 4) is 0 Å². The second-order valence-corrected chi connectivity index (χ2v) is 2.60. The Labute approximate surface area is 63.7 Å². The van der Waals surface area contributed by atoms with E-state index in [0.29, 0.717) is 0 Å². The fourth-order valence-electron chi connectivity index (χ4n) is 0.808. The van der Waals surface area contributed by atoms with Crippen molar-refractivity contribution in [2.45, 2.75) is 6.23 Å². The van der Waals surface area contributed by atoms with Gasteiger partial charge >= 0.3 is 0 Å². The van der Waals surface area contributed by atoms with Gasteiger partial charge in [0.2, 0.25) is 0 Å².